The number of pyridine rings is 1. The summed E-state index contributed by atoms with van der Waals surface area (Å²) in [5.74, 6) is 0.964. The SMILES string of the molecule is COc1ccc(-c2cc(C(=O)N3CCS(=O)(=O)CC3)c3ccccc3n2)cc1OC. The monoisotopic (exact) mass is 426 g/mol. The lowest BCUT2D eigenvalue weighted by molar-refractivity contribution is 0.0772. The van der Waals surface area contributed by atoms with Crippen molar-refractivity contribution in [3.63, 3.8) is 0 Å². The van der Waals surface area contributed by atoms with E-state index in [-0.39, 0.29) is 30.5 Å². The number of fused-ring (bicyclic) bond motifs is 1. The van der Waals surface area contributed by atoms with Crippen molar-refractivity contribution >= 4 is 26.6 Å². The lowest BCUT2D eigenvalue weighted by Crippen LogP contribution is -2.43. The fourth-order valence-corrected chi connectivity index (χ4v) is 4.78. The summed E-state index contributed by atoms with van der Waals surface area (Å²) in [6.07, 6.45) is 0. The Balaban J connectivity index is 1.80. The van der Waals surface area contributed by atoms with Crippen molar-refractivity contribution in [3.05, 3.63) is 54.1 Å². The topological polar surface area (TPSA) is 85.8 Å². The summed E-state index contributed by atoms with van der Waals surface area (Å²) >= 11 is 0. The van der Waals surface area contributed by atoms with Crippen molar-refractivity contribution in [2.75, 3.05) is 38.8 Å². The highest BCUT2D eigenvalue weighted by molar-refractivity contribution is 7.91. The van der Waals surface area contributed by atoms with E-state index < -0.39 is 9.84 Å². The molecule has 2 aromatic carbocycles. The van der Waals surface area contributed by atoms with Crippen LogP contribution in [0.1, 0.15) is 10.4 Å². The van der Waals surface area contributed by atoms with Gasteiger partial charge in [-0.3, -0.25) is 4.79 Å². The molecule has 7 nitrogen and oxygen atoms in total. The first-order chi connectivity index (χ1) is 14.4. The van der Waals surface area contributed by atoms with E-state index in [9.17, 15) is 13.2 Å². The smallest absolute Gasteiger partial charge is 0.254 e. The van der Waals surface area contributed by atoms with Gasteiger partial charge in [-0.05, 0) is 30.3 Å². The van der Waals surface area contributed by atoms with Crippen molar-refractivity contribution in [2.24, 2.45) is 0 Å². The van der Waals surface area contributed by atoms with E-state index in [0.717, 1.165) is 10.9 Å². The number of amides is 1. The molecule has 1 amide bonds. The second-order valence-electron chi connectivity index (χ2n) is 7.09. The molecule has 156 valence electrons. The van der Waals surface area contributed by atoms with Gasteiger partial charge in [0.15, 0.2) is 21.3 Å². The zero-order valence-electron chi connectivity index (χ0n) is 16.8. The van der Waals surface area contributed by atoms with Gasteiger partial charge in [0.25, 0.3) is 5.91 Å². The van der Waals surface area contributed by atoms with Crippen molar-refractivity contribution < 1.29 is 22.7 Å². The summed E-state index contributed by atoms with van der Waals surface area (Å²) in [4.78, 5) is 19.6. The fourth-order valence-electron chi connectivity index (χ4n) is 3.58. The first-order valence-electron chi connectivity index (χ1n) is 9.54. The molecule has 0 atom stereocenters. The van der Waals surface area contributed by atoms with Crippen LogP contribution in [0.2, 0.25) is 0 Å². The molecule has 0 radical (unpaired) electrons. The minimum Gasteiger partial charge on any atom is -0.493 e. The van der Waals surface area contributed by atoms with Crippen LogP contribution < -0.4 is 9.47 Å². The molecule has 0 bridgehead atoms. The summed E-state index contributed by atoms with van der Waals surface area (Å²) in [5, 5.41) is 0.736. The van der Waals surface area contributed by atoms with Gasteiger partial charge in [0.1, 0.15) is 0 Å². The zero-order valence-corrected chi connectivity index (χ0v) is 17.6. The molecule has 4 rings (SSSR count). The molecule has 1 fully saturated rings. The molecule has 3 aromatic rings. The lowest BCUT2D eigenvalue weighted by atomic mass is 10.0. The number of benzene rings is 2. The Morgan fingerprint density at radius 2 is 1.67 bits per heavy atom. The number of ether oxygens (including phenoxy) is 2. The number of hydrogen-bond acceptors (Lipinski definition) is 6. The third kappa shape index (κ3) is 3.82. The molecule has 2 heterocycles. The number of methoxy groups -OCH3 is 2. The minimum absolute atomic E-state index is 0.00963. The van der Waals surface area contributed by atoms with Crippen LogP contribution >= 0.6 is 0 Å². The molecular weight excluding hydrogens is 404 g/mol. The quantitative estimate of drug-likeness (QED) is 0.638. The molecule has 1 aromatic heterocycles. The largest absolute Gasteiger partial charge is 0.493 e. The maximum Gasteiger partial charge on any atom is 0.254 e. The van der Waals surface area contributed by atoms with Crippen molar-refractivity contribution in [3.8, 4) is 22.8 Å². The summed E-state index contributed by atoms with van der Waals surface area (Å²) in [6.45, 7) is 0.396. The average Bonchev–Trinajstić information content (AvgIpc) is 2.77. The van der Waals surface area contributed by atoms with Crippen LogP contribution in [0.15, 0.2) is 48.5 Å². The molecule has 0 N–H and O–H groups in total. The first kappa shape index (κ1) is 20.2. The minimum atomic E-state index is -3.07. The number of carbonyl (C=O) groups is 1. The Kier molecular flexibility index (Phi) is 5.34. The normalized spacial score (nSPS) is 15.7. The molecule has 30 heavy (non-hydrogen) atoms. The van der Waals surface area contributed by atoms with Crippen molar-refractivity contribution in [1.29, 1.82) is 0 Å². The van der Waals surface area contributed by atoms with Gasteiger partial charge in [-0.15, -0.1) is 0 Å². The van der Waals surface area contributed by atoms with E-state index in [1.165, 1.54) is 0 Å². The number of carbonyl (C=O) groups excluding carboxylic acids is 1. The number of para-hydroxylation sites is 1. The Bertz CT molecular complexity index is 1210. The molecule has 1 aliphatic heterocycles. The second-order valence-corrected chi connectivity index (χ2v) is 9.39. The van der Waals surface area contributed by atoms with Gasteiger partial charge in [0.2, 0.25) is 0 Å². The van der Waals surface area contributed by atoms with E-state index in [4.69, 9.17) is 14.5 Å². The van der Waals surface area contributed by atoms with Crippen LogP contribution in [0.4, 0.5) is 0 Å². The molecule has 1 saturated heterocycles. The summed E-state index contributed by atoms with van der Waals surface area (Å²) in [5.41, 5.74) is 2.61. The van der Waals surface area contributed by atoms with Crippen LogP contribution in [-0.2, 0) is 9.84 Å². The van der Waals surface area contributed by atoms with Crippen LogP contribution in [0.25, 0.3) is 22.2 Å². The Morgan fingerprint density at radius 3 is 2.37 bits per heavy atom. The maximum absolute atomic E-state index is 13.3. The van der Waals surface area contributed by atoms with Crippen LogP contribution in [0, 0.1) is 0 Å². The molecule has 1 aliphatic rings. The van der Waals surface area contributed by atoms with E-state index in [1.54, 1.807) is 31.3 Å². The molecule has 8 heteroatoms. The predicted octanol–water partition coefficient (Wildman–Crippen LogP) is 2.79. The third-order valence-corrected chi connectivity index (χ3v) is 6.87. The van der Waals surface area contributed by atoms with Gasteiger partial charge in [-0.25, -0.2) is 13.4 Å². The molecule has 0 aliphatic carbocycles. The highest BCUT2D eigenvalue weighted by Crippen LogP contribution is 2.33. The highest BCUT2D eigenvalue weighted by Gasteiger charge is 2.27. The van der Waals surface area contributed by atoms with Gasteiger partial charge in [0.05, 0.1) is 42.5 Å². The van der Waals surface area contributed by atoms with E-state index >= 15 is 0 Å². The van der Waals surface area contributed by atoms with Crippen LogP contribution in [0.3, 0.4) is 0 Å². The van der Waals surface area contributed by atoms with Crippen molar-refractivity contribution in [2.45, 2.75) is 0 Å². The molecule has 0 spiro atoms. The summed E-state index contributed by atoms with van der Waals surface area (Å²) < 4.78 is 34.2. The number of nitrogens with zero attached hydrogens (tertiary/aromatic N) is 2. The second kappa shape index (κ2) is 7.95. The summed E-state index contributed by atoms with van der Waals surface area (Å²) in [6, 6.07) is 14.7. The van der Waals surface area contributed by atoms with Crippen molar-refractivity contribution in [1.82, 2.24) is 9.88 Å². The molecular formula is C22H22N2O5S. The first-order valence-corrected chi connectivity index (χ1v) is 11.4. The maximum atomic E-state index is 13.3. The van der Waals surface area contributed by atoms with Gasteiger partial charge >= 0.3 is 0 Å². The fraction of sp³-hybridized carbons (Fsp3) is 0.273. The average molecular weight is 426 g/mol. The van der Waals surface area contributed by atoms with Gasteiger partial charge in [-0.1, -0.05) is 18.2 Å². The predicted molar refractivity (Wildman–Crippen MR) is 115 cm³/mol. The zero-order chi connectivity index (χ0) is 21.3. The number of sulfone groups is 1. The third-order valence-electron chi connectivity index (χ3n) is 5.26. The van der Waals surface area contributed by atoms with E-state index in [1.807, 2.05) is 36.4 Å². The van der Waals surface area contributed by atoms with E-state index in [2.05, 4.69) is 0 Å². The number of rotatable bonds is 4. The standard InChI is InChI=1S/C22H22N2O5S/c1-28-20-8-7-15(13-21(20)29-2)19-14-17(16-5-3-4-6-18(16)23-19)22(25)24-9-11-30(26,27)12-10-24/h3-8,13-14H,9-12H2,1-2H3. The van der Waals surface area contributed by atoms with Crippen LogP contribution in [-0.4, -0.2) is 63.0 Å². The Morgan fingerprint density at radius 1 is 0.967 bits per heavy atom. The Hall–Kier alpha value is -3.13. The van der Waals surface area contributed by atoms with Gasteiger partial charge < -0.3 is 14.4 Å². The van der Waals surface area contributed by atoms with E-state index in [0.29, 0.717) is 28.3 Å². The lowest BCUT2D eigenvalue weighted by Gasteiger charge is -2.27. The van der Waals surface area contributed by atoms with Gasteiger partial charge in [-0.2, -0.15) is 0 Å². The molecule has 0 saturated carbocycles. The number of hydrogen-bond donors (Lipinski definition) is 0. The Labute approximate surface area is 175 Å². The van der Waals surface area contributed by atoms with Gasteiger partial charge in [0, 0.05) is 24.0 Å². The van der Waals surface area contributed by atoms with Crippen LogP contribution in [0.5, 0.6) is 11.5 Å². The number of aromatic nitrogens is 1. The summed E-state index contributed by atoms with van der Waals surface area (Å²) in [7, 11) is 0.0638. The highest BCUT2D eigenvalue weighted by atomic mass is 32.2. The molecule has 0 unspecified atom stereocenters.